The molecule has 0 unspecified atom stereocenters. The topological polar surface area (TPSA) is 84.2 Å². The van der Waals surface area contributed by atoms with Crippen LogP contribution in [0.25, 0.3) is 0 Å². The maximum atomic E-state index is 12.9. The van der Waals surface area contributed by atoms with E-state index in [2.05, 4.69) is 31.4 Å². The summed E-state index contributed by atoms with van der Waals surface area (Å²) in [6.45, 7) is 6.51. The fourth-order valence-corrected chi connectivity index (χ4v) is 3.63. The van der Waals surface area contributed by atoms with Gasteiger partial charge in [0.15, 0.2) is 0 Å². The highest BCUT2D eigenvalue weighted by Crippen LogP contribution is 2.38. The first-order valence-corrected chi connectivity index (χ1v) is 8.82. The fraction of sp³-hybridized carbons (Fsp3) is 0.579. The molecule has 0 aliphatic heterocycles. The highest BCUT2D eigenvalue weighted by atomic mass is 16.2. The van der Waals surface area contributed by atoms with E-state index in [4.69, 9.17) is 5.73 Å². The minimum absolute atomic E-state index is 0.0204. The maximum Gasteiger partial charge on any atom is 0.238 e. The van der Waals surface area contributed by atoms with Crippen molar-refractivity contribution in [3.63, 3.8) is 0 Å². The van der Waals surface area contributed by atoms with E-state index >= 15 is 0 Å². The van der Waals surface area contributed by atoms with Crippen LogP contribution in [0, 0.1) is 23.7 Å². The van der Waals surface area contributed by atoms with Gasteiger partial charge in [0.2, 0.25) is 11.8 Å². The molecule has 5 heteroatoms. The third kappa shape index (κ3) is 4.57. The Balaban J connectivity index is 2.14. The molecule has 2 amide bonds. The third-order valence-corrected chi connectivity index (χ3v) is 5.00. The van der Waals surface area contributed by atoms with Crippen LogP contribution in [0.3, 0.4) is 0 Å². The molecule has 0 aromatic heterocycles. The largest absolute Gasteiger partial charge is 0.324 e. The third-order valence-electron chi connectivity index (χ3n) is 5.00. The van der Waals surface area contributed by atoms with Crippen LogP contribution in [-0.4, -0.2) is 18.4 Å². The highest BCUT2D eigenvalue weighted by molar-refractivity contribution is 6.00. The van der Waals surface area contributed by atoms with E-state index in [0.717, 1.165) is 12.8 Å². The van der Waals surface area contributed by atoms with Crippen LogP contribution < -0.4 is 16.4 Å². The molecule has 1 aliphatic rings. The van der Waals surface area contributed by atoms with E-state index in [1.165, 1.54) is 6.42 Å². The van der Waals surface area contributed by atoms with Crippen molar-refractivity contribution in [3.8, 4) is 0 Å². The zero-order chi connectivity index (χ0) is 17.7. The Labute approximate surface area is 144 Å². The van der Waals surface area contributed by atoms with Gasteiger partial charge in [-0.3, -0.25) is 9.59 Å². The highest BCUT2D eigenvalue weighted by Gasteiger charge is 2.35. The summed E-state index contributed by atoms with van der Waals surface area (Å²) < 4.78 is 0. The number of amides is 2. The summed E-state index contributed by atoms with van der Waals surface area (Å²) in [4.78, 5) is 24.4. The smallest absolute Gasteiger partial charge is 0.238 e. The van der Waals surface area contributed by atoms with Crippen LogP contribution >= 0.6 is 0 Å². The molecule has 0 saturated heterocycles. The molecule has 0 radical (unpaired) electrons. The Hall–Kier alpha value is -1.88. The molecular weight excluding hydrogens is 302 g/mol. The van der Waals surface area contributed by atoms with Crippen molar-refractivity contribution in [1.29, 1.82) is 0 Å². The molecule has 2 rings (SSSR count). The zero-order valence-electron chi connectivity index (χ0n) is 14.8. The van der Waals surface area contributed by atoms with E-state index < -0.39 is 0 Å². The Morgan fingerprint density at radius 2 is 1.79 bits per heavy atom. The van der Waals surface area contributed by atoms with E-state index in [0.29, 0.717) is 29.1 Å². The predicted octanol–water partition coefficient (Wildman–Crippen LogP) is 3.23. The van der Waals surface area contributed by atoms with E-state index in [9.17, 15) is 9.59 Å². The molecule has 1 aliphatic carbocycles. The SMILES string of the molecule is CC(C)[C@@H]1CC[C@@H](C)C[C@H]1C(=O)Nc1ccccc1NC(=O)CN. The molecule has 0 spiro atoms. The molecule has 1 aromatic rings. The van der Waals surface area contributed by atoms with Gasteiger partial charge in [-0.05, 0) is 42.7 Å². The summed E-state index contributed by atoms with van der Waals surface area (Å²) in [5, 5.41) is 5.75. The number of rotatable bonds is 5. The number of hydrogen-bond donors (Lipinski definition) is 3. The lowest BCUT2D eigenvalue weighted by Crippen LogP contribution is -2.36. The summed E-state index contributed by atoms with van der Waals surface area (Å²) in [6.07, 6.45) is 3.21. The second kappa shape index (κ2) is 8.29. The van der Waals surface area contributed by atoms with Crippen LogP contribution in [-0.2, 0) is 9.59 Å². The number of hydrogen-bond acceptors (Lipinski definition) is 3. The predicted molar refractivity (Wildman–Crippen MR) is 97.6 cm³/mol. The van der Waals surface area contributed by atoms with Gasteiger partial charge in [-0.15, -0.1) is 0 Å². The summed E-state index contributed by atoms with van der Waals surface area (Å²) >= 11 is 0. The van der Waals surface area contributed by atoms with Crippen molar-refractivity contribution in [2.45, 2.75) is 40.0 Å². The van der Waals surface area contributed by atoms with Gasteiger partial charge in [0.05, 0.1) is 17.9 Å². The lowest BCUT2D eigenvalue weighted by molar-refractivity contribution is -0.124. The molecule has 132 valence electrons. The van der Waals surface area contributed by atoms with Crippen LogP contribution in [0.2, 0.25) is 0 Å². The molecule has 1 fully saturated rings. The van der Waals surface area contributed by atoms with Crippen molar-refractivity contribution in [2.24, 2.45) is 29.4 Å². The minimum atomic E-state index is -0.275. The lowest BCUT2D eigenvalue weighted by atomic mass is 9.70. The van der Waals surface area contributed by atoms with Gasteiger partial charge in [-0.1, -0.05) is 39.3 Å². The molecular formula is C19H29N3O2. The lowest BCUT2D eigenvalue weighted by Gasteiger charge is -2.36. The minimum Gasteiger partial charge on any atom is -0.324 e. The van der Waals surface area contributed by atoms with Crippen LogP contribution in [0.15, 0.2) is 24.3 Å². The van der Waals surface area contributed by atoms with E-state index in [1.807, 2.05) is 12.1 Å². The zero-order valence-corrected chi connectivity index (χ0v) is 14.8. The van der Waals surface area contributed by atoms with Gasteiger partial charge in [0.1, 0.15) is 0 Å². The van der Waals surface area contributed by atoms with Crippen molar-refractivity contribution < 1.29 is 9.59 Å². The number of nitrogens with one attached hydrogen (secondary N) is 2. The summed E-state index contributed by atoms with van der Waals surface area (Å²) in [5.41, 5.74) is 6.57. The molecule has 3 atom stereocenters. The summed E-state index contributed by atoms with van der Waals surface area (Å²) in [5.74, 6) is 1.26. The van der Waals surface area contributed by atoms with Gasteiger partial charge in [-0.25, -0.2) is 0 Å². The normalized spacial score (nSPS) is 23.8. The molecule has 1 saturated carbocycles. The van der Waals surface area contributed by atoms with Crippen molar-refractivity contribution in [1.82, 2.24) is 0 Å². The number of para-hydroxylation sites is 2. The number of benzene rings is 1. The standard InChI is InChI=1S/C19H29N3O2/c1-12(2)14-9-8-13(3)10-15(14)19(24)22-17-7-5-4-6-16(17)21-18(23)11-20/h4-7,12-15H,8-11,20H2,1-3H3,(H,21,23)(H,22,24)/t13-,14+,15-/m1/s1. The number of nitrogens with two attached hydrogens (primary N) is 1. The first-order chi connectivity index (χ1) is 11.4. The van der Waals surface area contributed by atoms with Crippen LogP contribution in [0.1, 0.15) is 40.0 Å². The summed E-state index contributed by atoms with van der Waals surface area (Å²) in [6, 6.07) is 7.24. The Kier molecular flexibility index (Phi) is 6.37. The molecule has 4 N–H and O–H groups in total. The molecule has 1 aromatic carbocycles. The molecule has 5 nitrogen and oxygen atoms in total. The van der Waals surface area contributed by atoms with Gasteiger partial charge in [0.25, 0.3) is 0 Å². The molecule has 24 heavy (non-hydrogen) atoms. The number of carbonyl (C=O) groups is 2. The fourth-order valence-electron chi connectivity index (χ4n) is 3.63. The second-order valence-corrected chi connectivity index (χ2v) is 7.22. The van der Waals surface area contributed by atoms with Gasteiger partial charge in [0, 0.05) is 5.92 Å². The average Bonchev–Trinajstić information content (AvgIpc) is 2.56. The van der Waals surface area contributed by atoms with Crippen molar-refractivity contribution in [3.05, 3.63) is 24.3 Å². The molecule has 0 heterocycles. The number of carbonyl (C=O) groups excluding carboxylic acids is 2. The number of anilines is 2. The molecule has 0 bridgehead atoms. The Bertz CT molecular complexity index is 586. The summed E-state index contributed by atoms with van der Waals surface area (Å²) in [7, 11) is 0. The second-order valence-electron chi connectivity index (χ2n) is 7.22. The quantitative estimate of drug-likeness (QED) is 0.774. The maximum absolute atomic E-state index is 12.9. The van der Waals surface area contributed by atoms with E-state index in [1.54, 1.807) is 12.1 Å². The van der Waals surface area contributed by atoms with Gasteiger partial charge >= 0.3 is 0 Å². The Morgan fingerprint density at radius 1 is 1.17 bits per heavy atom. The first-order valence-electron chi connectivity index (χ1n) is 8.82. The first kappa shape index (κ1) is 18.5. The van der Waals surface area contributed by atoms with Crippen LogP contribution in [0.4, 0.5) is 11.4 Å². The van der Waals surface area contributed by atoms with Gasteiger partial charge < -0.3 is 16.4 Å². The Morgan fingerprint density at radius 3 is 2.38 bits per heavy atom. The van der Waals surface area contributed by atoms with Gasteiger partial charge in [-0.2, -0.15) is 0 Å². The van der Waals surface area contributed by atoms with Crippen molar-refractivity contribution in [2.75, 3.05) is 17.2 Å². The monoisotopic (exact) mass is 331 g/mol. The van der Waals surface area contributed by atoms with E-state index in [-0.39, 0.29) is 24.3 Å². The average molecular weight is 331 g/mol. The van der Waals surface area contributed by atoms with Crippen molar-refractivity contribution >= 4 is 23.2 Å². The van der Waals surface area contributed by atoms with Crippen LogP contribution in [0.5, 0.6) is 0 Å².